The zero-order valence-corrected chi connectivity index (χ0v) is 26.2. The first-order chi connectivity index (χ1) is 21.2. The molecule has 0 aliphatic carbocycles. The third kappa shape index (κ3) is 7.20. The Hall–Kier alpha value is -4.42. The van der Waals surface area contributed by atoms with E-state index in [1.54, 1.807) is 54.6 Å². The minimum absolute atomic E-state index is 0.179. The molecule has 1 N–H and O–H groups in total. The molecule has 1 fully saturated rings. The Labute approximate surface area is 271 Å². The Bertz CT molecular complexity index is 1740. The molecule has 8 nitrogen and oxygen atoms in total. The van der Waals surface area contributed by atoms with Gasteiger partial charge in [0.05, 0.1) is 15.9 Å². The van der Waals surface area contributed by atoms with E-state index in [-0.39, 0.29) is 30.3 Å². The van der Waals surface area contributed by atoms with Crippen LogP contribution in [0, 0.1) is 9.39 Å². The highest BCUT2D eigenvalue weighted by atomic mass is 127. The maximum absolute atomic E-state index is 13.5. The standard InChI is InChI=1S/C33H25ClFIN2O6/c1-2-42-29-17-21(16-28(36)30(29)44-18-20-7-9-23(35)10-8-20)15-26-31(39)37-33(41)38(32(26)40)24-11-13-25(14-12-24)43-19-22-5-3-4-6-27(22)34/h3-17H,2,18-19H2,1H3,(H,37,39,41)/b26-15+. The predicted molar refractivity (Wildman–Crippen MR) is 172 cm³/mol. The molecule has 0 atom stereocenters. The van der Waals surface area contributed by atoms with Gasteiger partial charge in [-0.1, -0.05) is 41.9 Å². The Morgan fingerprint density at radius 2 is 1.64 bits per heavy atom. The maximum Gasteiger partial charge on any atom is 0.335 e. The third-order valence-corrected chi connectivity index (χ3v) is 7.66. The zero-order chi connectivity index (χ0) is 31.2. The SMILES string of the molecule is CCOc1cc(/C=C2\C(=O)NC(=O)N(c3ccc(OCc4ccccc4Cl)cc3)C2=O)cc(I)c1OCc1ccc(F)cc1. The lowest BCUT2D eigenvalue weighted by Crippen LogP contribution is -2.54. The van der Waals surface area contributed by atoms with Crippen molar-refractivity contribution >= 4 is 63.8 Å². The fraction of sp³-hybridized carbons (Fsp3) is 0.121. The van der Waals surface area contributed by atoms with Crippen LogP contribution >= 0.6 is 34.2 Å². The van der Waals surface area contributed by atoms with Gasteiger partial charge in [0.1, 0.15) is 30.4 Å². The number of carbonyl (C=O) groups excluding carboxylic acids is 3. The van der Waals surface area contributed by atoms with Crippen molar-refractivity contribution in [1.29, 1.82) is 0 Å². The molecule has 11 heteroatoms. The van der Waals surface area contributed by atoms with Gasteiger partial charge < -0.3 is 14.2 Å². The van der Waals surface area contributed by atoms with Gasteiger partial charge in [-0.05, 0) is 101 Å². The fourth-order valence-corrected chi connectivity index (χ4v) is 5.31. The van der Waals surface area contributed by atoms with Crippen molar-refractivity contribution in [2.45, 2.75) is 20.1 Å². The van der Waals surface area contributed by atoms with Crippen LogP contribution in [0.2, 0.25) is 5.02 Å². The number of nitrogens with zero attached hydrogens (tertiary/aromatic N) is 1. The molecule has 5 rings (SSSR count). The monoisotopic (exact) mass is 726 g/mol. The van der Waals surface area contributed by atoms with Gasteiger partial charge in [-0.15, -0.1) is 0 Å². The molecule has 1 saturated heterocycles. The summed E-state index contributed by atoms with van der Waals surface area (Å²) in [7, 11) is 0. The maximum atomic E-state index is 13.5. The van der Waals surface area contributed by atoms with Gasteiger partial charge in [-0.25, -0.2) is 14.1 Å². The summed E-state index contributed by atoms with van der Waals surface area (Å²) >= 11 is 8.26. The van der Waals surface area contributed by atoms with Gasteiger partial charge in [0.15, 0.2) is 11.5 Å². The van der Waals surface area contributed by atoms with Crippen molar-refractivity contribution in [3.63, 3.8) is 0 Å². The second-order valence-electron chi connectivity index (χ2n) is 9.51. The molecule has 0 saturated carbocycles. The summed E-state index contributed by atoms with van der Waals surface area (Å²) in [6.07, 6.45) is 1.40. The van der Waals surface area contributed by atoms with Crippen LogP contribution in [0.4, 0.5) is 14.9 Å². The van der Waals surface area contributed by atoms with Crippen LogP contribution in [0.5, 0.6) is 17.2 Å². The van der Waals surface area contributed by atoms with E-state index in [1.807, 2.05) is 25.1 Å². The van der Waals surface area contributed by atoms with Gasteiger partial charge in [0, 0.05) is 10.6 Å². The van der Waals surface area contributed by atoms with Crippen molar-refractivity contribution in [2.24, 2.45) is 0 Å². The summed E-state index contributed by atoms with van der Waals surface area (Å²) in [5.74, 6) is -0.573. The van der Waals surface area contributed by atoms with Crippen molar-refractivity contribution in [3.8, 4) is 17.2 Å². The van der Waals surface area contributed by atoms with Gasteiger partial charge in [-0.2, -0.15) is 0 Å². The van der Waals surface area contributed by atoms with E-state index in [4.69, 9.17) is 25.8 Å². The summed E-state index contributed by atoms with van der Waals surface area (Å²) in [4.78, 5) is 39.9. The van der Waals surface area contributed by atoms with Crippen molar-refractivity contribution < 1.29 is 33.0 Å². The molecule has 0 aromatic heterocycles. The topological polar surface area (TPSA) is 94.2 Å². The number of hydrogen-bond donors (Lipinski definition) is 1. The molecule has 1 aliphatic heterocycles. The lowest BCUT2D eigenvalue weighted by molar-refractivity contribution is -0.122. The lowest BCUT2D eigenvalue weighted by Gasteiger charge is -2.26. The zero-order valence-electron chi connectivity index (χ0n) is 23.3. The van der Waals surface area contributed by atoms with E-state index in [9.17, 15) is 18.8 Å². The van der Waals surface area contributed by atoms with Crippen LogP contribution in [0.1, 0.15) is 23.6 Å². The van der Waals surface area contributed by atoms with E-state index in [0.29, 0.717) is 38.0 Å². The molecule has 44 heavy (non-hydrogen) atoms. The number of barbiturate groups is 1. The highest BCUT2D eigenvalue weighted by Gasteiger charge is 2.37. The molecule has 0 radical (unpaired) electrons. The van der Waals surface area contributed by atoms with E-state index in [1.165, 1.54) is 18.2 Å². The Morgan fingerprint density at radius 3 is 2.34 bits per heavy atom. The molecule has 0 bridgehead atoms. The normalized spacial score (nSPS) is 14.0. The number of carbonyl (C=O) groups is 3. The number of benzene rings is 4. The Kier molecular flexibility index (Phi) is 9.81. The number of rotatable bonds is 10. The van der Waals surface area contributed by atoms with Crippen molar-refractivity contribution in [1.82, 2.24) is 5.32 Å². The number of nitrogens with one attached hydrogen (secondary N) is 1. The average Bonchev–Trinajstić information content (AvgIpc) is 3.00. The van der Waals surface area contributed by atoms with E-state index < -0.39 is 17.8 Å². The first kappa shape index (κ1) is 31.0. The number of hydrogen-bond acceptors (Lipinski definition) is 6. The van der Waals surface area contributed by atoms with Crippen LogP contribution in [0.25, 0.3) is 6.08 Å². The van der Waals surface area contributed by atoms with Gasteiger partial charge in [-0.3, -0.25) is 14.9 Å². The number of imide groups is 2. The summed E-state index contributed by atoms with van der Waals surface area (Å²) in [5, 5.41) is 2.82. The fourth-order valence-electron chi connectivity index (χ4n) is 4.34. The highest BCUT2D eigenvalue weighted by Crippen LogP contribution is 2.36. The smallest absolute Gasteiger partial charge is 0.335 e. The molecule has 224 valence electrons. The summed E-state index contributed by atoms with van der Waals surface area (Å²) < 4.78 is 31.5. The number of ether oxygens (including phenoxy) is 3. The molecule has 4 amide bonds. The Balaban J connectivity index is 1.36. The molecular weight excluding hydrogens is 702 g/mol. The second-order valence-corrected chi connectivity index (χ2v) is 11.1. The van der Waals surface area contributed by atoms with Crippen LogP contribution in [0.15, 0.2) is 90.5 Å². The summed E-state index contributed by atoms with van der Waals surface area (Å²) in [6, 6.07) is 22.1. The van der Waals surface area contributed by atoms with E-state index >= 15 is 0 Å². The number of amides is 4. The first-order valence-electron chi connectivity index (χ1n) is 13.4. The molecular formula is C33H25ClFIN2O6. The van der Waals surface area contributed by atoms with Crippen LogP contribution in [-0.4, -0.2) is 24.5 Å². The van der Waals surface area contributed by atoms with Crippen molar-refractivity contribution in [2.75, 3.05) is 11.5 Å². The minimum Gasteiger partial charge on any atom is -0.490 e. The van der Waals surface area contributed by atoms with Crippen molar-refractivity contribution in [3.05, 3.63) is 122 Å². The van der Waals surface area contributed by atoms with Crippen LogP contribution in [0.3, 0.4) is 0 Å². The molecule has 4 aromatic carbocycles. The molecule has 1 heterocycles. The van der Waals surface area contributed by atoms with Gasteiger partial charge in [0.25, 0.3) is 11.8 Å². The second kappa shape index (κ2) is 13.9. The predicted octanol–water partition coefficient (Wildman–Crippen LogP) is 7.31. The Morgan fingerprint density at radius 1 is 0.909 bits per heavy atom. The van der Waals surface area contributed by atoms with Crippen LogP contribution < -0.4 is 24.4 Å². The minimum atomic E-state index is -0.865. The first-order valence-corrected chi connectivity index (χ1v) is 14.9. The molecule has 0 spiro atoms. The molecule has 0 unspecified atom stereocenters. The highest BCUT2D eigenvalue weighted by molar-refractivity contribution is 14.1. The van der Waals surface area contributed by atoms with E-state index in [0.717, 1.165) is 16.0 Å². The van der Waals surface area contributed by atoms with Gasteiger partial charge in [0.2, 0.25) is 0 Å². The quantitative estimate of drug-likeness (QED) is 0.105. The van der Waals surface area contributed by atoms with E-state index in [2.05, 4.69) is 27.9 Å². The number of halogens is 3. The average molecular weight is 727 g/mol. The largest absolute Gasteiger partial charge is 0.490 e. The van der Waals surface area contributed by atoms with Crippen LogP contribution in [-0.2, 0) is 22.8 Å². The molecule has 4 aromatic rings. The van der Waals surface area contributed by atoms with Gasteiger partial charge >= 0.3 is 6.03 Å². The summed E-state index contributed by atoms with van der Waals surface area (Å²) in [6.45, 7) is 2.57. The summed E-state index contributed by atoms with van der Waals surface area (Å²) in [5.41, 5.74) is 2.09. The third-order valence-electron chi connectivity index (χ3n) is 6.49. The lowest BCUT2D eigenvalue weighted by atomic mass is 10.1. The number of anilines is 1. The molecule has 1 aliphatic rings. The number of urea groups is 1.